The second-order valence-electron chi connectivity index (χ2n) is 11.6. The molecular formula is C25H36O6. The Kier molecular flexibility index (Phi) is 5.03. The number of allylic oxidation sites excluding steroid dienone is 1. The molecule has 6 nitrogen and oxygen atoms in total. The largest absolute Gasteiger partial charge is 0.481 e. The van der Waals surface area contributed by atoms with Gasteiger partial charge in [-0.2, -0.15) is 0 Å². The number of rotatable bonds is 6. The van der Waals surface area contributed by atoms with Crippen molar-refractivity contribution in [2.75, 3.05) is 0 Å². The van der Waals surface area contributed by atoms with Crippen LogP contribution in [0, 0.1) is 22.2 Å². The molecule has 2 aliphatic carbocycles. The fourth-order valence-corrected chi connectivity index (χ4v) is 7.34. The zero-order valence-electron chi connectivity index (χ0n) is 19.3. The van der Waals surface area contributed by atoms with E-state index in [0.29, 0.717) is 30.4 Å². The minimum Gasteiger partial charge on any atom is -0.481 e. The average Bonchev–Trinajstić information content (AvgIpc) is 3.24. The van der Waals surface area contributed by atoms with E-state index in [0.717, 1.165) is 24.8 Å². The van der Waals surface area contributed by atoms with Gasteiger partial charge in [-0.05, 0) is 66.4 Å². The molecule has 4 rings (SSSR count). The highest BCUT2D eigenvalue weighted by molar-refractivity contribution is 5.94. The van der Waals surface area contributed by atoms with Crippen LogP contribution < -0.4 is 0 Å². The number of hydrogen-bond acceptors (Lipinski definition) is 4. The Balaban J connectivity index is 1.72. The second-order valence-corrected chi connectivity index (χ2v) is 11.6. The molecule has 31 heavy (non-hydrogen) atoms. The smallest absolute Gasteiger partial charge is 0.335 e. The van der Waals surface area contributed by atoms with E-state index in [9.17, 15) is 24.9 Å². The highest BCUT2D eigenvalue weighted by Crippen LogP contribution is 2.65. The number of carboxylic acids is 2. The van der Waals surface area contributed by atoms with E-state index in [1.54, 1.807) is 0 Å². The molecule has 2 heterocycles. The van der Waals surface area contributed by atoms with Gasteiger partial charge in [0.05, 0.1) is 23.4 Å². The van der Waals surface area contributed by atoms with Crippen LogP contribution in [0.4, 0.5) is 0 Å². The number of aliphatic carboxylic acids is 2. The van der Waals surface area contributed by atoms with Gasteiger partial charge in [0, 0.05) is 11.8 Å². The van der Waals surface area contributed by atoms with Crippen LogP contribution in [0.15, 0.2) is 22.8 Å². The fraction of sp³-hybridized carbons (Fsp3) is 0.760. The van der Waals surface area contributed by atoms with E-state index in [4.69, 9.17) is 4.74 Å². The number of aliphatic hydroxyl groups excluding tert-OH is 1. The Hall–Kier alpha value is -1.66. The first-order valence-electron chi connectivity index (χ1n) is 11.5. The third-order valence-electron chi connectivity index (χ3n) is 9.43. The molecule has 4 aliphatic rings. The van der Waals surface area contributed by atoms with E-state index in [2.05, 4.69) is 13.8 Å². The Morgan fingerprint density at radius 1 is 1.23 bits per heavy atom. The summed E-state index contributed by atoms with van der Waals surface area (Å²) in [7, 11) is 0. The Labute approximate surface area is 184 Å². The van der Waals surface area contributed by atoms with Gasteiger partial charge >= 0.3 is 11.9 Å². The molecule has 0 radical (unpaired) electrons. The number of carboxylic acid groups (broad SMARTS) is 2. The van der Waals surface area contributed by atoms with Crippen molar-refractivity contribution in [2.45, 2.75) is 97.4 Å². The highest BCUT2D eigenvalue weighted by atomic mass is 16.5. The SMILES string of the molecule is CC(CC(=O)O)C1(C)CC=C2C(C(=O)O)=C(CC34CCC(O3)C(C)(C)C4)CC(O)C21C. The Morgan fingerprint density at radius 2 is 1.90 bits per heavy atom. The molecule has 6 unspecified atom stereocenters. The van der Waals surface area contributed by atoms with Crippen LogP contribution in [0.5, 0.6) is 0 Å². The lowest BCUT2D eigenvalue weighted by Crippen LogP contribution is -2.51. The molecule has 0 amide bonds. The summed E-state index contributed by atoms with van der Waals surface area (Å²) in [5.74, 6) is -2.04. The first-order chi connectivity index (χ1) is 14.3. The molecule has 2 fully saturated rings. The molecule has 2 aliphatic heterocycles. The maximum Gasteiger partial charge on any atom is 0.335 e. The summed E-state index contributed by atoms with van der Waals surface area (Å²) in [6, 6.07) is 0. The standard InChI is InChI=1S/C25H36O6/c1-14(10-19(27)28)23(4)8-6-16-20(21(29)30)15(11-17(26)24(16,23)5)12-25-9-7-18(31-25)22(2,3)13-25/h6,14,17-18,26H,7-13H2,1-5H3,(H,27,28)(H,29,30). The van der Waals surface area contributed by atoms with E-state index < -0.39 is 28.9 Å². The topological polar surface area (TPSA) is 104 Å². The first-order valence-corrected chi connectivity index (χ1v) is 11.5. The van der Waals surface area contributed by atoms with Crippen LogP contribution in [0.3, 0.4) is 0 Å². The van der Waals surface area contributed by atoms with Crippen molar-refractivity contribution in [3.63, 3.8) is 0 Å². The summed E-state index contributed by atoms with van der Waals surface area (Å²) < 4.78 is 6.41. The molecular weight excluding hydrogens is 396 g/mol. The quantitative estimate of drug-likeness (QED) is 0.577. The number of ether oxygens (including phenoxy) is 1. The van der Waals surface area contributed by atoms with Crippen LogP contribution in [0.1, 0.15) is 79.6 Å². The molecule has 0 aromatic heterocycles. The van der Waals surface area contributed by atoms with Gasteiger partial charge < -0.3 is 20.1 Å². The van der Waals surface area contributed by atoms with Crippen LogP contribution in [0.25, 0.3) is 0 Å². The normalized spacial score (nSPS) is 41.8. The Morgan fingerprint density at radius 3 is 2.42 bits per heavy atom. The maximum absolute atomic E-state index is 12.5. The summed E-state index contributed by atoms with van der Waals surface area (Å²) in [5.41, 5.74) is 0.192. The fourth-order valence-electron chi connectivity index (χ4n) is 7.34. The maximum atomic E-state index is 12.5. The summed E-state index contributed by atoms with van der Waals surface area (Å²) in [6.45, 7) is 10.3. The molecule has 0 aromatic rings. The van der Waals surface area contributed by atoms with Gasteiger partial charge in [-0.25, -0.2) is 4.79 Å². The van der Waals surface area contributed by atoms with E-state index in [-0.39, 0.29) is 29.5 Å². The van der Waals surface area contributed by atoms with Gasteiger partial charge in [0.1, 0.15) is 0 Å². The molecule has 6 atom stereocenters. The van der Waals surface area contributed by atoms with Crippen molar-refractivity contribution in [3.8, 4) is 0 Å². The molecule has 0 aromatic carbocycles. The zero-order valence-corrected chi connectivity index (χ0v) is 19.3. The summed E-state index contributed by atoms with van der Waals surface area (Å²) in [4.78, 5) is 23.9. The molecule has 172 valence electrons. The minimum atomic E-state index is -0.960. The van der Waals surface area contributed by atoms with Gasteiger partial charge in [0.25, 0.3) is 0 Å². The molecule has 0 spiro atoms. The molecule has 2 bridgehead atoms. The second kappa shape index (κ2) is 6.92. The number of aliphatic hydroxyl groups is 1. The minimum absolute atomic E-state index is 0.00761. The number of carbonyl (C=O) groups is 2. The Bertz CT molecular complexity index is 884. The summed E-state index contributed by atoms with van der Waals surface area (Å²) >= 11 is 0. The van der Waals surface area contributed by atoms with Crippen LogP contribution in [0.2, 0.25) is 0 Å². The summed E-state index contributed by atoms with van der Waals surface area (Å²) in [5, 5.41) is 31.0. The van der Waals surface area contributed by atoms with Crippen molar-refractivity contribution in [3.05, 3.63) is 22.8 Å². The van der Waals surface area contributed by atoms with Gasteiger partial charge in [-0.15, -0.1) is 0 Å². The predicted octanol–water partition coefficient (Wildman–Crippen LogP) is 4.32. The van der Waals surface area contributed by atoms with E-state index >= 15 is 0 Å². The van der Waals surface area contributed by atoms with Crippen molar-refractivity contribution in [1.82, 2.24) is 0 Å². The molecule has 6 heteroatoms. The van der Waals surface area contributed by atoms with Gasteiger partial charge in [-0.3, -0.25) is 4.79 Å². The first kappa shape index (κ1) is 22.5. The van der Waals surface area contributed by atoms with E-state index in [1.807, 2.05) is 26.8 Å². The lowest BCUT2D eigenvalue weighted by atomic mass is 9.52. The van der Waals surface area contributed by atoms with Crippen molar-refractivity contribution >= 4 is 11.9 Å². The van der Waals surface area contributed by atoms with Crippen LogP contribution in [-0.4, -0.2) is 45.1 Å². The monoisotopic (exact) mass is 432 g/mol. The van der Waals surface area contributed by atoms with Crippen molar-refractivity contribution in [2.24, 2.45) is 22.2 Å². The lowest BCUT2D eigenvalue weighted by molar-refractivity contribution is -0.141. The molecule has 0 saturated carbocycles. The number of fused-ring (bicyclic) bond motifs is 3. The molecule has 3 N–H and O–H groups in total. The average molecular weight is 433 g/mol. The van der Waals surface area contributed by atoms with Gasteiger partial charge in [0.2, 0.25) is 0 Å². The summed E-state index contributed by atoms with van der Waals surface area (Å²) in [6.07, 6.45) is 5.61. The molecule has 2 saturated heterocycles. The van der Waals surface area contributed by atoms with Crippen LogP contribution >= 0.6 is 0 Å². The third-order valence-corrected chi connectivity index (χ3v) is 9.43. The number of hydrogen-bond donors (Lipinski definition) is 3. The van der Waals surface area contributed by atoms with Crippen molar-refractivity contribution in [1.29, 1.82) is 0 Å². The predicted molar refractivity (Wildman–Crippen MR) is 115 cm³/mol. The third kappa shape index (κ3) is 3.12. The highest BCUT2D eigenvalue weighted by Gasteiger charge is 2.61. The van der Waals surface area contributed by atoms with Gasteiger partial charge in [-0.1, -0.05) is 40.7 Å². The zero-order chi connectivity index (χ0) is 23.0. The van der Waals surface area contributed by atoms with Crippen LogP contribution in [-0.2, 0) is 14.3 Å². The van der Waals surface area contributed by atoms with Crippen molar-refractivity contribution < 1.29 is 29.6 Å². The van der Waals surface area contributed by atoms with Gasteiger partial charge in [0.15, 0.2) is 0 Å². The van der Waals surface area contributed by atoms with E-state index in [1.165, 1.54) is 0 Å². The lowest BCUT2D eigenvalue weighted by Gasteiger charge is -2.52.